The van der Waals surface area contributed by atoms with Crippen LogP contribution in [0.2, 0.25) is 5.02 Å². The number of amides is 1. The monoisotopic (exact) mass is 361 g/mol. The number of rotatable bonds is 7. The first-order valence-electron chi connectivity index (χ1n) is 7.57. The van der Waals surface area contributed by atoms with E-state index in [9.17, 15) is 4.79 Å². The molecule has 0 bridgehead atoms. The summed E-state index contributed by atoms with van der Waals surface area (Å²) < 4.78 is 10.4. The smallest absolute Gasteiger partial charge is 0.259 e. The van der Waals surface area contributed by atoms with Crippen LogP contribution >= 0.6 is 11.6 Å². The van der Waals surface area contributed by atoms with Crippen molar-refractivity contribution < 1.29 is 14.3 Å². The van der Waals surface area contributed by atoms with E-state index in [4.69, 9.17) is 21.1 Å². The molecule has 0 aliphatic heterocycles. The van der Waals surface area contributed by atoms with E-state index in [1.165, 1.54) is 6.21 Å². The third-order valence-electron chi connectivity index (χ3n) is 3.44. The number of halogens is 1. The molecule has 0 atom stereocenters. The molecule has 0 saturated heterocycles. The Morgan fingerprint density at radius 1 is 1.16 bits per heavy atom. The van der Waals surface area contributed by atoms with Gasteiger partial charge in [0.25, 0.3) is 5.91 Å². The quantitative estimate of drug-likeness (QED) is 0.586. The van der Waals surface area contributed by atoms with Gasteiger partial charge in [0.15, 0.2) is 11.5 Å². The molecular weight excluding hydrogens is 342 g/mol. The van der Waals surface area contributed by atoms with E-state index < -0.39 is 0 Å². The molecular formula is C18H20ClN3O3. The summed E-state index contributed by atoms with van der Waals surface area (Å²) in [6.07, 6.45) is 1.54. The lowest BCUT2D eigenvalue weighted by molar-refractivity contribution is -0.119. The average Bonchev–Trinajstić information content (AvgIpc) is 2.60. The molecule has 132 valence electrons. The van der Waals surface area contributed by atoms with Crippen LogP contribution in [0.15, 0.2) is 41.5 Å². The molecule has 0 spiro atoms. The van der Waals surface area contributed by atoms with Gasteiger partial charge >= 0.3 is 0 Å². The third kappa shape index (κ3) is 5.39. The third-order valence-corrected chi connectivity index (χ3v) is 3.67. The van der Waals surface area contributed by atoms with E-state index >= 15 is 0 Å². The van der Waals surface area contributed by atoms with Crippen molar-refractivity contribution in [3.05, 3.63) is 52.5 Å². The fraction of sp³-hybridized carbons (Fsp3) is 0.222. The first-order chi connectivity index (χ1) is 12.0. The second kappa shape index (κ2) is 8.94. The van der Waals surface area contributed by atoms with Gasteiger partial charge < -0.3 is 14.8 Å². The second-order valence-corrected chi connectivity index (χ2v) is 5.66. The lowest BCUT2D eigenvalue weighted by atomic mass is 10.2. The SMILES string of the molecule is COc1ccc(/C=N\NC(=O)CNc2ccc(Cl)cc2C)cc1OC. The van der Waals surface area contributed by atoms with E-state index in [-0.39, 0.29) is 12.5 Å². The van der Waals surface area contributed by atoms with Crippen molar-refractivity contribution in [2.45, 2.75) is 6.92 Å². The number of hydrogen-bond acceptors (Lipinski definition) is 5. The number of anilines is 1. The molecule has 0 aliphatic rings. The van der Waals surface area contributed by atoms with E-state index in [1.54, 1.807) is 32.4 Å². The number of aryl methyl sites for hydroxylation is 1. The minimum absolute atomic E-state index is 0.103. The van der Waals surface area contributed by atoms with Crippen LogP contribution in [0.25, 0.3) is 0 Å². The van der Waals surface area contributed by atoms with Crippen molar-refractivity contribution in [3.8, 4) is 11.5 Å². The second-order valence-electron chi connectivity index (χ2n) is 5.22. The Morgan fingerprint density at radius 3 is 2.60 bits per heavy atom. The summed E-state index contributed by atoms with van der Waals surface area (Å²) in [7, 11) is 3.13. The lowest BCUT2D eigenvalue weighted by Crippen LogP contribution is -2.26. The van der Waals surface area contributed by atoms with Gasteiger partial charge in [-0.25, -0.2) is 5.43 Å². The standard InChI is InChI=1S/C18H20ClN3O3/c1-12-8-14(19)5-6-15(12)20-11-18(23)22-21-10-13-4-7-16(24-2)17(9-13)25-3/h4-10,20H,11H2,1-3H3,(H,22,23)/b21-10-. The summed E-state index contributed by atoms with van der Waals surface area (Å²) in [5, 5.41) is 7.64. The molecule has 0 radical (unpaired) electrons. The molecule has 2 aromatic rings. The van der Waals surface area contributed by atoms with Gasteiger partial charge in [0.05, 0.1) is 27.0 Å². The van der Waals surface area contributed by atoms with Crippen LogP contribution in [-0.2, 0) is 4.79 Å². The van der Waals surface area contributed by atoms with Gasteiger partial charge in [0.2, 0.25) is 0 Å². The summed E-state index contributed by atoms with van der Waals surface area (Å²) >= 11 is 5.90. The summed E-state index contributed by atoms with van der Waals surface area (Å²) in [4.78, 5) is 11.9. The number of benzene rings is 2. The van der Waals surface area contributed by atoms with Gasteiger partial charge in [-0.15, -0.1) is 0 Å². The predicted molar refractivity (Wildman–Crippen MR) is 100.0 cm³/mol. The van der Waals surface area contributed by atoms with Crippen molar-refractivity contribution in [1.29, 1.82) is 0 Å². The van der Waals surface area contributed by atoms with Crippen LogP contribution in [0, 0.1) is 6.92 Å². The molecule has 0 aliphatic carbocycles. The normalized spacial score (nSPS) is 10.6. The fourth-order valence-electron chi connectivity index (χ4n) is 2.15. The number of methoxy groups -OCH3 is 2. The van der Waals surface area contributed by atoms with E-state index in [0.29, 0.717) is 16.5 Å². The van der Waals surface area contributed by atoms with Crippen LogP contribution in [0.5, 0.6) is 11.5 Å². The molecule has 0 unspecified atom stereocenters. The Hall–Kier alpha value is -2.73. The number of ether oxygens (including phenoxy) is 2. The van der Waals surface area contributed by atoms with Gasteiger partial charge in [-0.2, -0.15) is 5.10 Å². The van der Waals surface area contributed by atoms with Gasteiger partial charge in [0, 0.05) is 10.7 Å². The first kappa shape index (κ1) is 18.6. The Labute approximate surface area is 151 Å². The largest absolute Gasteiger partial charge is 0.493 e. The topological polar surface area (TPSA) is 72.0 Å². The zero-order valence-electron chi connectivity index (χ0n) is 14.3. The minimum atomic E-state index is -0.258. The molecule has 2 aromatic carbocycles. The van der Waals surface area contributed by atoms with Crippen molar-refractivity contribution in [3.63, 3.8) is 0 Å². The van der Waals surface area contributed by atoms with Crippen LogP contribution in [0.1, 0.15) is 11.1 Å². The van der Waals surface area contributed by atoms with E-state index in [2.05, 4.69) is 15.8 Å². The number of nitrogens with zero attached hydrogens (tertiary/aromatic N) is 1. The highest BCUT2D eigenvalue weighted by Crippen LogP contribution is 2.26. The molecule has 7 heteroatoms. The molecule has 0 saturated carbocycles. The Bertz CT molecular complexity index is 778. The van der Waals surface area contributed by atoms with E-state index in [1.807, 2.05) is 25.1 Å². The molecule has 2 rings (SSSR count). The zero-order valence-corrected chi connectivity index (χ0v) is 15.1. The van der Waals surface area contributed by atoms with Gasteiger partial charge in [-0.3, -0.25) is 4.79 Å². The van der Waals surface area contributed by atoms with Crippen LogP contribution in [0.4, 0.5) is 5.69 Å². The molecule has 0 aromatic heterocycles. The Morgan fingerprint density at radius 2 is 1.92 bits per heavy atom. The number of nitrogens with one attached hydrogen (secondary N) is 2. The molecule has 1 amide bonds. The van der Waals surface area contributed by atoms with Crippen molar-refractivity contribution in [2.24, 2.45) is 5.10 Å². The van der Waals surface area contributed by atoms with E-state index in [0.717, 1.165) is 16.8 Å². The number of carbonyl (C=O) groups is 1. The van der Waals surface area contributed by atoms with Crippen LogP contribution in [-0.4, -0.2) is 32.9 Å². The fourth-order valence-corrected chi connectivity index (χ4v) is 2.38. The van der Waals surface area contributed by atoms with Crippen LogP contribution in [0.3, 0.4) is 0 Å². The molecule has 2 N–H and O–H groups in total. The van der Waals surface area contributed by atoms with Gasteiger partial charge in [-0.1, -0.05) is 11.6 Å². The summed E-state index contributed by atoms with van der Waals surface area (Å²) in [5.74, 6) is 0.968. The molecule has 0 heterocycles. The number of hydrogen-bond donors (Lipinski definition) is 2. The predicted octanol–water partition coefficient (Wildman–Crippen LogP) is 3.23. The van der Waals surface area contributed by atoms with Crippen molar-refractivity contribution >= 4 is 29.4 Å². The Balaban J connectivity index is 1.88. The van der Waals surface area contributed by atoms with Crippen molar-refractivity contribution in [1.82, 2.24) is 5.43 Å². The zero-order chi connectivity index (χ0) is 18.2. The molecule has 25 heavy (non-hydrogen) atoms. The lowest BCUT2D eigenvalue weighted by Gasteiger charge is -2.09. The maximum absolute atomic E-state index is 11.9. The highest BCUT2D eigenvalue weighted by molar-refractivity contribution is 6.30. The average molecular weight is 362 g/mol. The maximum atomic E-state index is 11.9. The highest BCUT2D eigenvalue weighted by Gasteiger charge is 2.04. The minimum Gasteiger partial charge on any atom is -0.493 e. The molecule has 0 fully saturated rings. The first-order valence-corrected chi connectivity index (χ1v) is 7.95. The summed E-state index contributed by atoms with van der Waals surface area (Å²) in [6, 6.07) is 10.8. The molecule has 6 nitrogen and oxygen atoms in total. The highest BCUT2D eigenvalue weighted by atomic mass is 35.5. The van der Waals surface area contributed by atoms with Gasteiger partial charge in [-0.05, 0) is 54.4 Å². The number of hydrazone groups is 1. The number of carbonyl (C=O) groups excluding carboxylic acids is 1. The maximum Gasteiger partial charge on any atom is 0.259 e. The summed E-state index contributed by atoms with van der Waals surface area (Å²) in [5.41, 5.74) is 5.06. The summed E-state index contributed by atoms with van der Waals surface area (Å²) in [6.45, 7) is 2.02. The Kier molecular flexibility index (Phi) is 6.65. The van der Waals surface area contributed by atoms with Gasteiger partial charge in [0.1, 0.15) is 0 Å². The van der Waals surface area contributed by atoms with Crippen LogP contribution < -0.4 is 20.2 Å². The van der Waals surface area contributed by atoms with Crippen molar-refractivity contribution in [2.75, 3.05) is 26.1 Å².